The highest BCUT2D eigenvalue weighted by atomic mass is 79.9. The fraction of sp³-hybridized carbons (Fsp3) is 0.364. The molecule has 0 saturated heterocycles. The summed E-state index contributed by atoms with van der Waals surface area (Å²) in [5.74, 6) is -0.360. The first-order valence-corrected chi connectivity index (χ1v) is 8.01. The molecule has 1 rings (SSSR count). The first-order valence-electron chi connectivity index (χ1n) is 5.39. The molecular formula is C11H15BrN2O3S. The van der Waals surface area contributed by atoms with Gasteiger partial charge in [-0.2, -0.15) is 0 Å². The second-order valence-electron chi connectivity index (χ2n) is 3.72. The largest absolute Gasteiger partial charge is 0.398 e. The summed E-state index contributed by atoms with van der Waals surface area (Å²) >= 11 is 3.24. The van der Waals surface area contributed by atoms with Gasteiger partial charge in [0.05, 0.1) is 11.3 Å². The van der Waals surface area contributed by atoms with E-state index in [9.17, 15) is 13.2 Å². The molecule has 5 nitrogen and oxygen atoms in total. The van der Waals surface area contributed by atoms with Gasteiger partial charge in [-0.25, -0.2) is 8.42 Å². The third-order valence-electron chi connectivity index (χ3n) is 2.40. The predicted molar refractivity (Wildman–Crippen MR) is 75.2 cm³/mol. The standard InChI is InChI=1S/C11H15BrN2O3S/c1-2-18(16,17)6-5-14-11(15)9-4-3-8(12)7-10(9)13/h3-4,7H,2,5-6,13H2,1H3,(H,14,15). The molecule has 0 aliphatic carbocycles. The Bertz CT molecular complexity index is 543. The molecule has 0 fully saturated rings. The van der Waals surface area contributed by atoms with Crippen molar-refractivity contribution in [3.8, 4) is 0 Å². The molecule has 0 spiro atoms. The topological polar surface area (TPSA) is 89.3 Å². The van der Waals surface area contributed by atoms with Crippen molar-refractivity contribution in [3.05, 3.63) is 28.2 Å². The number of carbonyl (C=O) groups is 1. The van der Waals surface area contributed by atoms with Crippen LogP contribution in [0.15, 0.2) is 22.7 Å². The lowest BCUT2D eigenvalue weighted by molar-refractivity contribution is 0.0957. The van der Waals surface area contributed by atoms with Gasteiger partial charge >= 0.3 is 0 Å². The van der Waals surface area contributed by atoms with Crippen molar-refractivity contribution in [1.29, 1.82) is 0 Å². The van der Waals surface area contributed by atoms with Gasteiger partial charge in [-0.05, 0) is 18.2 Å². The molecule has 0 heterocycles. The van der Waals surface area contributed by atoms with Crippen LogP contribution in [0.1, 0.15) is 17.3 Å². The van der Waals surface area contributed by atoms with E-state index in [4.69, 9.17) is 5.73 Å². The number of anilines is 1. The summed E-state index contributed by atoms with van der Waals surface area (Å²) in [5, 5.41) is 2.54. The van der Waals surface area contributed by atoms with Gasteiger partial charge < -0.3 is 11.1 Å². The van der Waals surface area contributed by atoms with Crippen LogP contribution in [-0.2, 0) is 9.84 Å². The molecule has 0 aliphatic rings. The Morgan fingerprint density at radius 2 is 2.11 bits per heavy atom. The number of halogens is 1. The minimum absolute atomic E-state index is 0.0638. The van der Waals surface area contributed by atoms with Gasteiger partial charge in [-0.3, -0.25) is 4.79 Å². The summed E-state index contributed by atoms with van der Waals surface area (Å²) in [6, 6.07) is 4.91. The second kappa shape index (κ2) is 6.19. The molecule has 18 heavy (non-hydrogen) atoms. The average molecular weight is 335 g/mol. The van der Waals surface area contributed by atoms with E-state index in [0.717, 1.165) is 4.47 Å². The minimum Gasteiger partial charge on any atom is -0.398 e. The number of hydrogen-bond acceptors (Lipinski definition) is 4. The molecule has 0 unspecified atom stereocenters. The third-order valence-corrected chi connectivity index (χ3v) is 4.60. The molecule has 0 saturated carbocycles. The van der Waals surface area contributed by atoms with Crippen LogP contribution in [0.4, 0.5) is 5.69 Å². The van der Waals surface area contributed by atoms with Crippen molar-refractivity contribution in [2.24, 2.45) is 0 Å². The predicted octanol–water partition coefficient (Wildman–Crippen LogP) is 1.20. The maximum Gasteiger partial charge on any atom is 0.253 e. The molecule has 3 N–H and O–H groups in total. The lowest BCUT2D eigenvalue weighted by Gasteiger charge is -2.07. The quantitative estimate of drug-likeness (QED) is 0.791. The fourth-order valence-corrected chi connectivity index (χ4v) is 2.38. The van der Waals surface area contributed by atoms with Crippen LogP contribution in [0.3, 0.4) is 0 Å². The number of nitrogens with one attached hydrogen (secondary N) is 1. The number of amides is 1. The highest BCUT2D eigenvalue weighted by molar-refractivity contribution is 9.10. The summed E-state index contributed by atoms with van der Waals surface area (Å²) in [4.78, 5) is 11.7. The Hall–Kier alpha value is -1.08. The van der Waals surface area contributed by atoms with Gasteiger partial charge in [0, 0.05) is 22.5 Å². The van der Waals surface area contributed by atoms with E-state index < -0.39 is 9.84 Å². The molecule has 0 bridgehead atoms. The normalized spacial score (nSPS) is 11.2. The summed E-state index contributed by atoms with van der Waals surface area (Å²) in [5.41, 5.74) is 6.38. The van der Waals surface area contributed by atoms with Crippen LogP contribution in [0, 0.1) is 0 Å². The lowest BCUT2D eigenvalue weighted by atomic mass is 10.2. The maximum atomic E-state index is 11.7. The zero-order chi connectivity index (χ0) is 13.8. The Labute approximate surface area is 115 Å². The van der Waals surface area contributed by atoms with Gasteiger partial charge in [0.25, 0.3) is 5.91 Å². The van der Waals surface area contributed by atoms with Crippen molar-refractivity contribution in [1.82, 2.24) is 5.32 Å². The van der Waals surface area contributed by atoms with E-state index in [1.807, 2.05) is 0 Å². The van der Waals surface area contributed by atoms with Crippen LogP contribution >= 0.6 is 15.9 Å². The van der Waals surface area contributed by atoms with Gasteiger partial charge in [0.15, 0.2) is 9.84 Å². The second-order valence-corrected chi connectivity index (χ2v) is 7.11. The van der Waals surface area contributed by atoms with E-state index >= 15 is 0 Å². The number of nitrogens with two attached hydrogens (primary N) is 1. The van der Waals surface area contributed by atoms with E-state index in [0.29, 0.717) is 11.3 Å². The Morgan fingerprint density at radius 3 is 2.67 bits per heavy atom. The van der Waals surface area contributed by atoms with E-state index in [1.54, 1.807) is 25.1 Å². The molecule has 0 radical (unpaired) electrons. The van der Waals surface area contributed by atoms with Crippen LogP contribution in [0.2, 0.25) is 0 Å². The summed E-state index contributed by atoms with van der Waals surface area (Å²) < 4.78 is 23.3. The molecule has 0 aliphatic heterocycles. The molecule has 1 aromatic carbocycles. The number of sulfone groups is 1. The summed E-state index contributed by atoms with van der Waals surface area (Å²) in [7, 11) is -3.07. The van der Waals surface area contributed by atoms with Crippen LogP contribution < -0.4 is 11.1 Å². The summed E-state index contributed by atoms with van der Waals surface area (Å²) in [6.07, 6.45) is 0. The van der Waals surface area contributed by atoms with Crippen LogP contribution in [-0.4, -0.2) is 32.4 Å². The van der Waals surface area contributed by atoms with Crippen molar-refractivity contribution < 1.29 is 13.2 Å². The maximum absolute atomic E-state index is 11.7. The average Bonchev–Trinajstić information content (AvgIpc) is 2.28. The highest BCUT2D eigenvalue weighted by Crippen LogP contribution is 2.18. The van der Waals surface area contributed by atoms with Crippen LogP contribution in [0.5, 0.6) is 0 Å². The number of rotatable bonds is 5. The van der Waals surface area contributed by atoms with E-state index in [2.05, 4.69) is 21.2 Å². The molecule has 100 valence electrons. The SMILES string of the molecule is CCS(=O)(=O)CCNC(=O)c1ccc(Br)cc1N. The fourth-order valence-electron chi connectivity index (χ4n) is 1.30. The molecule has 7 heteroatoms. The zero-order valence-corrected chi connectivity index (χ0v) is 12.3. The van der Waals surface area contributed by atoms with Crippen molar-refractivity contribution >= 4 is 37.4 Å². The summed E-state index contributed by atoms with van der Waals surface area (Å²) in [6.45, 7) is 1.66. The molecule has 1 aromatic rings. The van der Waals surface area contributed by atoms with Gasteiger partial charge in [-0.15, -0.1) is 0 Å². The number of nitrogen functional groups attached to an aromatic ring is 1. The van der Waals surface area contributed by atoms with Gasteiger partial charge in [-0.1, -0.05) is 22.9 Å². The molecular weight excluding hydrogens is 320 g/mol. The highest BCUT2D eigenvalue weighted by Gasteiger charge is 2.11. The smallest absolute Gasteiger partial charge is 0.253 e. The van der Waals surface area contributed by atoms with Crippen molar-refractivity contribution in [2.75, 3.05) is 23.8 Å². The first-order chi connectivity index (χ1) is 8.35. The van der Waals surface area contributed by atoms with Gasteiger partial charge in [0.2, 0.25) is 0 Å². The Balaban J connectivity index is 2.61. The number of hydrogen-bond donors (Lipinski definition) is 2. The number of carbonyl (C=O) groups excluding carboxylic acids is 1. The van der Waals surface area contributed by atoms with Gasteiger partial charge in [0.1, 0.15) is 0 Å². The van der Waals surface area contributed by atoms with E-state index in [-0.39, 0.29) is 24.0 Å². The minimum atomic E-state index is -3.07. The zero-order valence-electron chi connectivity index (χ0n) is 9.94. The number of benzene rings is 1. The Kier molecular flexibility index (Phi) is 5.15. The van der Waals surface area contributed by atoms with Crippen molar-refractivity contribution in [2.45, 2.75) is 6.92 Å². The third kappa shape index (κ3) is 4.30. The molecule has 0 atom stereocenters. The molecule has 0 aromatic heterocycles. The monoisotopic (exact) mass is 334 g/mol. The Morgan fingerprint density at radius 1 is 1.44 bits per heavy atom. The van der Waals surface area contributed by atoms with E-state index in [1.165, 1.54) is 0 Å². The first kappa shape index (κ1) is 15.0. The van der Waals surface area contributed by atoms with Crippen molar-refractivity contribution in [3.63, 3.8) is 0 Å². The molecule has 1 amide bonds. The van der Waals surface area contributed by atoms with Crippen LogP contribution in [0.25, 0.3) is 0 Å². The lowest BCUT2D eigenvalue weighted by Crippen LogP contribution is -2.30.